The van der Waals surface area contributed by atoms with Gasteiger partial charge in [-0.3, -0.25) is 0 Å². The molecule has 2 N–H and O–H groups in total. The van der Waals surface area contributed by atoms with E-state index in [2.05, 4.69) is 76.1 Å². The summed E-state index contributed by atoms with van der Waals surface area (Å²) in [6.07, 6.45) is 21.2. The van der Waals surface area contributed by atoms with E-state index in [0.717, 1.165) is 51.4 Å². The summed E-state index contributed by atoms with van der Waals surface area (Å²) in [6, 6.07) is 0. The Morgan fingerprint density at radius 3 is 1.00 bits per heavy atom. The molecule has 0 spiro atoms. The maximum absolute atomic E-state index is 8.90. The van der Waals surface area contributed by atoms with Crippen molar-refractivity contribution < 1.29 is 10.2 Å². The lowest BCUT2D eigenvalue weighted by molar-refractivity contribution is 0.341. The minimum Gasteiger partial charge on any atom is -0.392 e. The predicted octanol–water partition coefficient (Wildman–Crippen LogP) is 8.22. The Morgan fingerprint density at radius 2 is 0.706 bits per heavy atom. The van der Waals surface area contributed by atoms with Crippen molar-refractivity contribution in [2.45, 2.75) is 92.9 Å². The van der Waals surface area contributed by atoms with Crippen LogP contribution in [-0.4, -0.2) is 36.5 Å². The molecule has 4 nitrogen and oxygen atoms in total. The van der Waals surface area contributed by atoms with Crippen molar-refractivity contribution in [3.05, 3.63) is 69.9 Å². The first kappa shape index (κ1) is 32.0. The molecule has 0 heterocycles. The standard InChI is InChI=1S/C30H50N2O2/c1-25(11-7-15-27(3)19-21-33)13-9-17-29(5)23-31-32-24-30(6)18-10-14-26(2)12-8-16-28(4)20-22-34/h11-12,17-20,33-34H,7-10,13-16,21-24H2,1-6H3. The lowest BCUT2D eigenvalue weighted by Crippen LogP contribution is -1.87. The van der Waals surface area contributed by atoms with Crippen LogP contribution in [0.5, 0.6) is 0 Å². The Balaban J connectivity index is 4.13. The zero-order chi connectivity index (χ0) is 25.6. The van der Waals surface area contributed by atoms with Crippen molar-refractivity contribution in [1.29, 1.82) is 0 Å². The topological polar surface area (TPSA) is 65.2 Å². The molecule has 0 rings (SSSR count). The van der Waals surface area contributed by atoms with Gasteiger partial charge >= 0.3 is 0 Å². The van der Waals surface area contributed by atoms with Crippen molar-refractivity contribution >= 4 is 0 Å². The summed E-state index contributed by atoms with van der Waals surface area (Å²) in [5.41, 5.74) is 7.87. The molecule has 34 heavy (non-hydrogen) atoms. The third-order valence-corrected chi connectivity index (χ3v) is 5.75. The van der Waals surface area contributed by atoms with Crippen LogP contribution >= 0.6 is 0 Å². The molecule has 0 fully saturated rings. The smallest absolute Gasteiger partial charge is 0.0806 e. The van der Waals surface area contributed by atoms with E-state index in [-0.39, 0.29) is 13.2 Å². The number of hydrogen-bond acceptors (Lipinski definition) is 4. The van der Waals surface area contributed by atoms with E-state index < -0.39 is 0 Å². The Bertz CT molecular complexity index is 701. The molecule has 0 atom stereocenters. The normalized spacial score (nSPS) is 15.1. The minimum absolute atomic E-state index is 0.134. The van der Waals surface area contributed by atoms with Crippen LogP contribution in [-0.2, 0) is 0 Å². The number of azo groups is 1. The number of nitrogens with zero attached hydrogens (tertiary/aromatic N) is 2. The van der Waals surface area contributed by atoms with Gasteiger partial charge in [-0.15, -0.1) is 0 Å². The Morgan fingerprint density at radius 1 is 0.441 bits per heavy atom. The largest absolute Gasteiger partial charge is 0.392 e. The fourth-order valence-corrected chi connectivity index (χ4v) is 3.36. The highest BCUT2D eigenvalue weighted by molar-refractivity contribution is 5.08. The summed E-state index contributed by atoms with van der Waals surface area (Å²) in [5, 5.41) is 26.5. The Labute approximate surface area is 209 Å². The molecule has 0 unspecified atom stereocenters. The minimum atomic E-state index is 0.134. The van der Waals surface area contributed by atoms with Gasteiger partial charge in [0.15, 0.2) is 0 Å². The van der Waals surface area contributed by atoms with Crippen LogP contribution in [0.3, 0.4) is 0 Å². The molecule has 0 saturated carbocycles. The maximum Gasteiger partial charge on any atom is 0.0806 e. The van der Waals surface area contributed by atoms with Crippen molar-refractivity contribution in [2.24, 2.45) is 10.2 Å². The van der Waals surface area contributed by atoms with E-state index in [9.17, 15) is 0 Å². The van der Waals surface area contributed by atoms with Crippen molar-refractivity contribution in [3.8, 4) is 0 Å². The van der Waals surface area contributed by atoms with Crippen LogP contribution in [0.25, 0.3) is 0 Å². The second-order valence-corrected chi connectivity index (χ2v) is 9.42. The highest BCUT2D eigenvalue weighted by Gasteiger charge is 1.95. The first-order chi connectivity index (χ1) is 16.3. The van der Waals surface area contributed by atoms with Gasteiger partial charge in [0.2, 0.25) is 0 Å². The fraction of sp³-hybridized carbons (Fsp3) is 0.600. The van der Waals surface area contributed by atoms with Crippen molar-refractivity contribution in [3.63, 3.8) is 0 Å². The molecule has 0 aromatic rings. The predicted molar refractivity (Wildman–Crippen MR) is 148 cm³/mol. The summed E-state index contributed by atoms with van der Waals surface area (Å²) >= 11 is 0. The molecular formula is C30H50N2O2. The first-order valence-corrected chi connectivity index (χ1v) is 12.8. The lowest BCUT2D eigenvalue weighted by atomic mass is 10.1. The Hall–Kier alpha value is -2.04. The molecule has 0 amide bonds. The van der Waals surface area contributed by atoms with E-state index >= 15 is 0 Å². The molecule has 0 radical (unpaired) electrons. The van der Waals surface area contributed by atoms with Crippen LogP contribution in [0.4, 0.5) is 0 Å². The van der Waals surface area contributed by atoms with Crippen LogP contribution < -0.4 is 0 Å². The zero-order valence-corrected chi connectivity index (χ0v) is 22.7. The highest BCUT2D eigenvalue weighted by atomic mass is 16.3. The number of rotatable bonds is 18. The van der Waals surface area contributed by atoms with Crippen LogP contribution in [0.1, 0.15) is 92.9 Å². The molecule has 0 saturated heterocycles. The van der Waals surface area contributed by atoms with E-state index in [1.54, 1.807) is 0 Å². The summed E-state index contributed by atoms with van der Waals surface area (Å²) in [6.45, 7) is 14.4. The van der Waals surface area contributed by atoms with Crippen LogP contribution in [0.15, 0.2) is 80.1 Å². The van der Waals surface area contributed by atoms with Gasteiger partial charge in [0.1, 0.15) is 0 Å². The van der Waals surface area contributed by atoms with Crippen LogP contribution in [0.2, 0.25) is 0 Å². The maximum atomic E-state index is 8.90. The van der Waals surface area contributed by atoms with Gasteiger partial charge in [0.05, 0.1) is 26.3 Å². The summed E-state index contributed by atoms with van der Waals surface area (Å²) in [7, 11) is 0. The quantitative estimate of drug-likeness (QED) is 0.156. The second kappa shape index (κ2) is 21.5. The van der Waals surface area contributed by atoms with Gasteiger partial charge in [-0.05, 0) is 92.9 Å². The number of hydrogen-bond donors (Lipinski definition) is 2. The highest BCUT2D eigenvalue weighted by Crippen LogP contribution is 2.13. The molecule has 0 aliphatic rings. The number of aliphatic hydroxyl groups excluding tert-OH is 2. The third-order valence-electron chi connectivity index (χ3n) is 5.75. The fourth-order valence-electron chi connectivity index (χ4n) is 3.36. The van der Waals surface area contributed by atoms with Gasteiger partial charge in [-0.1, -0.05) is 69.9 Å². The SMILES string of the molecule is CC(=CCO)CCC=C(C)CCC=C(C)CN=NCC(C)=CCCC(C)=CCCC(C)=CCO. The molecule has 0 aromatic carbocycles. The Kier molecular flexibility index (Phi) is 20.2. The molecule has 0 aromatic heterocycles. The van der Waals surface area contributed by atoms with E-state index in [0.29, 0.717) is 13.1 Å². The molecule has 0 aliphatic carbocycles. The summed E-state index contributed by atoms with van der Waals surface area (Å²) in [5.74, 6) is 0. The number of allylic oxidation sites excluding steroid dienone is 8. The van der Waals surface area contributed by atoms with Gasteiger partial charge in [0.25, 0.3) is 0 Å². The average Bonchev–Trinajstić information content (AvgIpc) is 2.77. The van der Waals surface area contributed by atoms with E-state index in [1.807, 2.05) is 12.2 Å². The second-order valence-electron chi connectivity index (χ2n) is 9.42. The monoisotopic (exact) mass is 470 g/mol. The summed E-state index contributed by atoms with van der Waals surface area (Å²) < 4.78 is 0. The number of aliphatic hydroxyl groups is 2. The first-order valence-electron chi connectivity index (χ1n) is 12.8. The van der Waals surface area contributed by atoms with Gasteiger partial charge < -0.3 is 10.2 Å². The summed E-state index contributed by atoms with van der Waals surface area (Å²) in [4.78, 5) is 0. The molecule has 0 aliphatic heterocycles. The lowest BCUT2D eigenvalue weighted by Gasteiger charge is -2.02. The van der Waals surface area contributed by atoms with Gasteiger partial charge in [-0.25, -0.2) is 0 Å². The average molecular weight is 471 g/mol. The van der Waals surface area contributed by atoms with Crippen molar-refractivity contribution in [2.75, 3.05) is 26.3 Å². The van der Waals surface area contributed by atoms with E-state index in [4.69, 9.17) is 10.2 Å². The van der Waals surface area contributed by atoms with Gasteiger partial charge in [-0.2, -0.15) is 10.2 Å². The van der Waals surface area contributed by atoms with Crippen LogP contribution in [0, 0.1) is 0 Å². The molecular weight excluding hydrogens is 420 g/mol. The molecule has 192 valence electrons. The molecule has 4 heteroatoms. The zero-order valence-electron chi connectivity index (χ0n) is 22.7. The van der Waals surface area contributed by atoms with Crippen molar-refractivity contribution in [1.82, 2.24) is 0 Å². The van der Waals surface area contributed by atoms with Gasteiger partial charge in [0, 0.05) is 0 Å². The third kappa shape index (κ3) is 20.6. The van der Waals surface area contributed by atoms with E-state index in [1.165, 1.54) is 33.4 Å². The molecule has 0 bridgehead atoms.